The monoisotopic (exact) mass is 232 g/mol. The van der Waals surface area contributed by atoms with Gasteiger partial charge in [0, 0.05) is 5.92 Å². The van der Waals surface area contributed by atoms with Gasteiger partial charge in [0.2, 0.25) is 0 Å². The molecular weight excluding hydrogens is 216 g/mol. The third-order valence-corrected chi connectivity index (χ3v) is 3.41. The molecule has 1 unspecified atom stereocenters. The van der Waals surface area contributed by atoms with Crippen molar-refractivity contribution in [3.63, 3.8) is 0 Å². The Morgan fingerprint density at radius 1 is 0.778 bits per heavy atom. The highest BCUT2D eigenvalue weighted by atomic mass is 14.1. The van der Waals surface area contributed by atoms with Crippen molar-refractivity contribution in [2.75, 3.05) is 0 Å². The van der Waals surface area contributed by atoms with Crippen LogP contribution in [0.3, 0.4) is 0 Å². The van der Waals surface area contributed by atoms with E-state index < -0.39 is 0 Å². The lowest BCUT2D eigenvalue weighted by molar-refractivity contribution is 1.10. The predicted molar refractivity (Wildman–Crippen MR) is 77.5 cm³/mol. The fourth-order valence-corrected chi connectivity index (χ4v) is 2.39. The highest BCUT2D eigenvalue weighted by Gasteiger charge is 2.09. The molecule has 0 spiro atoms. The molecule has 18 heavy (non-hydrogen) atoms. The fraction of sp³-hybridized carbons (Fsp3) is 0.111. The van der Waals surface area contributed by atoms with Crippen molar-refractivity contribution < 1.29 is 0 Å². The van der Waals surface area contributed by atoms with Crippen LogP contribution in [0.15, 0.2) is 78.4 Å². The van der Waals surface area contributed by atoms with Crippen molar-refractivity contribution in [2.24, 2.45) is 0 Å². The first-order valence-corrected chi connectivity index (χ1v) is 6.35. The van der Waals surface area contributed by atoms with E-state index in [-0.39, 0.29) is 0 Å². The van der Waals surface area contributed by atoms with E-state index in [1.807, 2.05) is 0 Å². The average Bonchev–Trinajstić information content (AvgIpc) is 2.87. The Bertz CT molecular complexity index is 586. The van der Waals surface area contributed by atoms with Crippen LogP contribution in [0.5, 0.6) is 0 Å². The van der Waals surface area contributed by atoms with Crippen LogP contribution in [0.4, 0.5) is 0 Å². The summed E-state index contributed by atoms with van der Waals surface area (Å²) in [4.78, 5) is 0. The van der Waals surface area contributed by atoms with Crippen LogP contribution >= 0.6 is 0 Å². The summed E-state index contributed by atoms with van der Waals surface area (Å²) in [7, 11) is 0. The fourth-order valence-electron chi connectivity index (χ4n) is 2.39. The van der Waals surface area contributed by atoms with Crippen LogP contribution in [0.1, 0.15) is 18.4 Å². The zero-order chi connectivity index (χ0) is 12.4. The van der Waals surface area contributed by atoms with Crippen molar-refractivity contribution in [3.05, 3.63) is 84.0 Å². The summed E-state index contributed by atoms with van der Waals surface area (Å²) in [5.41, 5.74) is 5.27. The highest BCUT2D eigenvalue weighted by molar-refractivity contribution is 5.63. The molecule has 3 rings (SSSR count). The first-order valence-electron chi connectivity index (χ1n) is 6.35. The van der Waals surface area contributed by atoms with E-state index in [2.05, 4.69) is 79.7 Å². The van der Waals surface area contributed by atoms with Gasteiger partial charge in [-0.3, -0.25) is 0 Å². The smallest absolute Gasteiger partial charge is 0.0207 e. The molecule has 0 saturated heterocycles. The van der Waals surface area contributed by atoms with Crippen molar-refractivity contribution in [1.82, 2.24) is 0 Å². The van der Waals surface area contributed by atoms with Gasteiger partial charge in [-0.25, -0.2) is 0 Å². The van der Waals surface area contributed by atoms with Crippen LogP contribution in [0, 0.1) is 0 Å². The van der Waals surface area contributed by atoms with Crippen molar-refractivity contribution in [2.45, 2.75) is 12.8 Å². The molecule has 1 aliphatic rings. The van der Waals surface area contributed by atoms with Gasteiger partial charge in [0.25, 0.3) is 0 Å². The largest absolute Gasteiger partial charge is 0.0730 e. The standard InChI is InChI=1S/C18H16/c1-14-7-8-18(13-14)17-11-9-16(10-12-17)15-5-3-2-4-6-15/h2-13,18H,1H3. The molecule has 0 radical (unpaired) electrons. The molecule has 0 heterocycles. The average molecular weight is 232 g/mol. The number of benzene rings is 2. The van der Waals surface area contributed by atoms with Crippen LogP contribution in [0.2, 0.25) is 0 Å². The summed E-state index contributed by atoms with van der Waals surface area (Å²) < 4.78 is 0. The van der Waals surface area contributed by atoms with E-state index in [0.717, 1.165) is 0 Å². The molecule has 0 aliphatic heterocycles. The molecule has 0 fully saturated rings. The summed E-state index contributed by atoms with van der Waals surface area (Å²) in [6.07, 6.45) is 6.75. The summed E-state index contributed by atoms with van der Waals surface area (Å²) in [6.45, 7) is 2.15. The predicted octanol–water partition coefficient (Wildman–Crippen LogP) is 4.95. The van der Waals surface area contributed by atoms with Gasteiger partial charge in [-0.15, -0.1) is 0 Å². The lowest BCUT2D eigenvalue weighted by Gasteiger charge is -2.07. The molecule has 2 aromatic carbocycles. The zero-order valence-corrected chi connectivity index (χ0v) is 10.5. The Hall–Kier alpha value is -2.08. The maximum atomic E-state index is 2.30. The van der Waals surface area contributed by atoms with Gasteiger partial charge in [-0.1, -0.05) is 78.4 Å². The number of hydrogen-bond donors (Lipinski definition) is 0. The van der Waals surface area contributed by atoms with E-state index >= 15 is 0 Å². The quantitative estimate of drug-likeness (QED) is 0.687. The highest BCUT2D eigenvalue weighted by Crippen LogP contribution is 2.28. The number of allylic oxidation sites excluding steroid dienone is 4. The lowest BCUT2D eigenvalue weighted by Crippen LogP contribution is -1.88. The molecule has 0 nitrogen and oxygen atoms in total. The molecule has 88 valence electrons. The summed E-state index contributed by atoms with van der Waals surface area (Å²) in [5.74, 6) is 0.454. The topological polar surface area (TPSA) is 0 Å². The molecule has 1 atom stereocenters. The van der Waals surface area contributed by atoms with Gasteiger partial charge in [0.05, 0.1) is 0 Å². The number of rotatable bonds is 2. The Morgan fingerprint density at radius 3 is 2.06 bits per heavy atom. The van der Waals surface area contributed by atoms with E-state index in [1.54, 1.807) is 0 Å². The second-order valence-electron chi connectivity index (χ2n) is 4.78. The second-order valence-corrected chi connectivity index (χ2v) is 4.78. The van der Waals surface area contributed by atoms with Gasteiger partial charge < -0.3 is 0 Å². The summed E-state index contributed by atoms with van der Waals surface area (Å²) in [6, 6.07) is 19.4. The Kier molecular flexibility index (Phi) is 2.85. The van der Waals surface area contributed by atoms with Gasteiger partial charge in [-0.05, 0) is 23.6 Å². The normalized spacial score (nSPS) is 17.8. The van der Waals surface area contributed by atoms with Crippen LogP contribution < -0.4 is 0 Å². The molecule has 0 saturated carbocycles. The summed E-state index contributed by atoms with van der Waals surface area (Å²) in [5, 5.41) is 0. The minimum atomic E-state index is 0.454. The second kappa shape index (κ2) is 4.66. The maximum Gasteiger partial charge on any atom is 0.0207 e. The van der Waals surface area contributed by atoms with E-state index in [9.17, 15) is 0 Å². The molecule has 2 aromatic rings. The van der Waals surface area contributed by atoms with Crippen LogP contribution in [0.25, 0.3) is 11.1 Å². The Morgan fingerprint density at radius 2 is 1.44 bits per heavy atom. The number of hydrogen-bond acceptors (Lipinski definition) is 0. The molecule has 0 heteroatoms. The van der Waals surface area contributed by atoms with Crippen molar-refractivity contribution in [1.29, 1.82) is 0 Å². The molecule has 0 amide bonds. The van der Waals surface area contributed by atoms with Crippen LogP contribution in [-0.4, -0.2) is 0 Å². The maximum absolute atomic E-state index is 2.30. The molecule has 0 bridgehead atoms. The molecular formula is C18H16. The minimum Gasteiger partial charge on any atom is -0.0730 e. The van der Waals surface area contributed by atoms with E-state index in [1.165, 1.54) is 22.3 Å². The van der Waals surface area contributed by atoms with Gasteiger partial charge in [-0.2, -0.15) is 0 Å². The van der Waals surface area contributed by atoms with Gasteiger partial charge >= 0.3 is 0 Å². The first kappa shape index (κ1) is 11.0. The van der Waals surface area contributed by atoms with Crippen molar-refractivity contribution >= 4 is 0 Å². The Balaban J connectivity index is 1.88. The molecule has 1 aliphatic carbocycles. The summed E-state index contributed by atoms with van der Waals surface area (Å²) >= 11 is 0. The molecule has 0 aromatic heterocycles. The van der Waals surface area contributed by atoms with Gasteiger partial charge in [0.1, 0.15) is 0 Å². The Labute approximate surface area is 108 Å². The van der Waals surface area contributed by atoms with Crippen LogP contribution in [-0.2, 0) is 0 Å². The van der Waals surface area contributed by atoms with E-state index in [4.69, 9.17) is 0 Å². The SMILES string of the molecule is CC1=CC(c2ccc(-c3ccccc3)cc2)C=C1. The zero-order valence-electron chi connectivity index (χ0n) is 10.5. The van der Waals surface area contributed by atoms with Crippen molar-refractivity contribution in [3.8, 4) is 11.1 Å². The van der Waals surface area contributed by atoms with Gasteiger partial charge in [0.15, 0.2) is 0 Å². The lowest BCUT2D eigenvalue weighted by atomic mass is 9.97. The minimum absolute atomic E-state index is 0.454. The van der Waals surface area contributed by atoms with E-state index in [0.29, 0.717) is 5.92 Å². The third-order valence-electron chi connectivity index (χ3n) is 3.41. The molecule has 0 N–H and O–H groups in total. The third kappa shape index (κ3) is 2.14. The first-order chi connectivity index (χ1) is 8.83.